The quantitative estimate of drug-likeness (QED) is 0.321. The minimum atomic E-state index is -0.316. The number of fused-ring (bicyclic) bond motifs is 1. The molecule has 0 saturated carbocycles. The second-order valence-corrected chi connectivity index (χ2v) is 8.96. The van der Waals surface area contributed by atoms with Crippen molar-refractivity contribution in [3.8, 4) is 11.5 Å². The summed E-state index contributed by atoms with van der Waals surface area (Å²) in [5.74, 6) is 1.17. The molecule has 200 valence electrons. The summed E-state index contributed by atoms with van der Waals surface area (Å²) in [6.07, 6.45) is 1.08. The molecule has 2 amide bonds. The Kier molecular flexibility index (Phi) is 9.21. The van der Waals surface area contributed by atoms with Crippen molar-refractivity contribution in [2.75, 3.05) is 45.8 Å². The molecule has 1 heterocycles. The van der Waals surface area contributed by atoms with E-state index < -0.39 is 0 Å². The molecule has 8 heteroatoms. The highest BCUT2D eigenvalue weighted by Gasteiger charge is 2.36. The minimum Gasteiger partial charge on any atom is -0.493 e. The number of nitrogens with one attached hydrogen (secondary N) is 2. The van der Waals surface area contributed by atoms with E-state index in [-0.39, 0.29) is 18.0 Å². The lowest BCUT2D eigenvalue weighted by molar-refractivity contribution is 0.0708. The Bertz CT molecular complexity index is 1260. The predicted molar refractivity (Wildman–Crippen MR) is 147 cm³/mol. The van der Waals surface area contributed by atoms with Gasteiger partial charge < -0.3 is 29.7 Å². The number of anilines is 1. The van der Waals surface area contributed by atoms with Crippen LogP contribution in [-0.2, 0) is 11.2 Å². The lowest BCUT2D eigenvalue weighted by Crippen LogP contribution is -2.33. The van der Waals surface area contributed by atoms with Gasteiger partial charge in [-0.3, -0.25) is 9.59 Å². The Hall–Kier alpha value is -4.04. The largest absolute Gasteiger partial charge is 0.493 e. The van der Waals surface area contributed by atoms with Gasteiger partial charge in [0.1, 0.15) is 6.17 Å². The number of carbonyl (C=O) groups is 2. The zero-order valence-electron chi connectivity index (χ0n) is 22.2. The van der Waals surface area contributed by atoms with Gasteiger partial charge in [-0.25, -0.2) is 0 Å². The summed E-state index contributed by atoms with van der Waals surface area (Å²) in [4.78, 5) is 27.9. The maximum absolute atomic E-state index is 13.1. The van der Waals surface area contributed by atoms with Gasteiger partial charge in [0.25, 0.3) is 11.8 Å². The molecular formula is C30H35N3O5. The Labute approximate surface area is 223 Å². The average molecular weight is 518 g/mol. The molecule has 3 aromatic carbocycles. The maximum atomic E-state index is 13.1. The second-order valence-electron chi connectivity index (χ2n) is 8.96. The highest BCUT2D eigenvalue weighted by molar-refractivity contribution is 5.99. The zero-order valence-corrected chi connectivity index (χ0v) is 22.2. The fourth-order valence-electron chi connectivity index (χ4n) is 4.60. The molecule has 1 atom stereocenters. The molecule has 3 aromatic rings. The van der Waals surface area contributed by atoms with Gasteiger partial charge in [-0.15, -0.1) is 0 Å². The molecule has 38 heavy (non-hydrogen) atoms. The minimum absolute atomic E-state index is 0.00124. The van der Waals surface area contributed by atoms with Crippen LogP contribution in [0.25, 0.3) is 0 Å². The first-order valence-electron chi connectivity index (χ1n) is 12.9. The first-order chi connectivity index (χ1) is 18.5. The van der Waals surface area contributed by atoms with Crippen molar-refractivity contribution in [1.29, 1.82) is 0 Å². The second kappa shape index (κ2) is 13.0. The summed E-state index contributed by atoms with van der Waals surface area (Å²) in [5, 5.41) is 6.47. The highest BCUT2D eigenvalue weighted by Crippen LogP contribution is 2.34. The number of hydrogen-bond donors (Lipinski definition) is 2. The topological polar surface area (TPSA) is 89.1 Å². The van der Waals surface area contributed by atoms with E-state index in [1.165, 1.54) is 0 Å². The molecule has 1 aliphatic rings. The lowest BCUT2D eigenvalue weighted by atomic mass is 10.1. The number of methoxy groups -OCH3 is 2. The Morgan fingerprint density at radius 3 is 2.58 bits per heavy atom. The molecular weight excluding hydrogens is 482 g/mol. The van der Waals surface area contributed by atoms with E-state index in [2.05, 4.69) is 10.6 Å². The normalized spacial score (nSPS) is 14.2. The van der Waals surface area contributed by atoms with Crippen LogP contribution in [0.15, 0.2) is 66.7 Å². The summed E-state index contributed by atoms with van der Waals surface area (Å²) in [6.45, 7) is 4.26. The molecule has 8 nitrogen and oxygen atoms in total. The van der Waals surface area contributed by atoms with E-state index in [1.807, 2.05) is 72.5 Å². The van der Waals surface area contributed by atoms with E-state index in [0.717, 1.165) is 23.2 Å². The van der Waals surface area contributed by atoms with Crippen LogP contribution < -0.4 is 20.1 Å². The van der Waals surface area contributed by atoms with E-state index in [9.17, 15) is 9.59 Å². The fourth-order valence-corrected chi connectivity index (χ4v) is 4.60. The van der Waals surface area contributed by atoms with Crippen molar-refractivity contribution in [3.63, 3.8) is 0 Å². The van der Waals surface area contributed by atoms with Crippen molar-refractivity contribution in [2.45, 2.75) is 25.9 Å². The zero-order chi connectivity index (χ0) is 26.9. The number of benzene rings is 3. The molecule has 4 rings (SSSR count). The Morgan fingerprint density at radius 2 is 1.79 bits per heavy atom. The van der Waals surface area contributed by atoms with Gasteiger partial charge in [-0.1, -0.05) is 30.3 Å². The molecule has 0 fully saturated rings. The van der Waals surface area contributed by atoms with E-state index in [4.69, 9.17) is 14.2 Å². The lowest BCUT2D eigenvalue weighted by Gasteiger charge is -2.27. The standard InChI is InChI=1S/C30H35N3O5/c1-4-38-18-8-17-33-28(24-11-5-6-12-25(24)30(33)35)32-23-10-7-9-22(20-23)29(34)31-16-15-21-13-14-26(36-2)27(19-21)37-3/h5-7,9-14,19-20,28,32H,4,8,15-18H2,1-3H3,(H,31,34). The maximum Gasteiger partial charge on any atom is 0.256 e. The van der Waals surface area contributed by atoms with Crippen LogP contribution in [-0.4, -0.2) is 57.2 Å². The van der Waals surface area contributed by atoms with Gasteiger partial charge in [0.05, 0.1) is 14.2 Å². The summed E-state index contributed by atoms with van der Waals surface area (Å²) >= 11 is 0. The van der Waals surface area contributed by atoms with E-state index >= 15 is 0 Å². The van der Waals surface area contributed by atoms with E-state index in [1.54, 1.807) is 20.3 Å². The Balaban J connectivity index is 1.41. The SMILES string of the molecule is CCOCCCN1C(=O)c2ccccc2C1Nc1cccc(C(=O)NCCc2ccc(OC)c(OC)c2)c1. The van der Waals surface area contributed by atoms with Crippen LogP contribution in [0.5, 0.6) is 11.5 Å². The van der Waals surface area contributed by atoms with Crippen LogP contribution >= 0.6 is 0 Å². The molecule has 0 bridgehead atoms. The van der Waals surface area contributed by atoms with Gasteiger partial charge in [0, 0.05) is 48.7 Å². The van der Waals surface area contributed by atoms with Crippen LogP contribution in [0, 0.1) is 0 Å². The summed E-state index contributed by atoms with van der Waals surface area (Å²) in [5.41, 5.74) is 3.97. The Morgan fingerprint density at radius 1 is 0.974 bits per heavy atom. The average Bonchev–Trinajstić information content (AvgIpc) is 3.21. The molecule has 0 aliphatic carbocycles. The van der Waals surface area contributed by atoms with Gasteiger partial charge in [0.15, 0.2) is 11.5 Å². The summed E-state index contributed by atoms with van der Waals surface area (Å²) in [7, 11) is 3.20. The number of ether oxygens (including phenoxy) is 3. The third-order valence-electron chi connectivity index (χ3n) is 6.53. The predicted octanol–water partition coefficient (Wildman–Crippen LogP) is 4.67. The number of hydrogen-bond acceptors (Lipinski definition) is 6. The van der Waals surface area contributed by atoms with Crippen molar-refractivity contribution in [1.82, 2.24) is 10.2 Å². The molecule has 0 aromatic heterocycles. The highest BCUT2D eigenvalue weighted by atomic mass is 16.5. The van der Waals surface area contributed by atoms with Crippen LogP contribution in [0.4, 0.5) is 5.69 Å². The van der Waals surface area contributed by atoms with Gasteiger partial charge in [-0.2, -0.15) is 0 Å². The number of amides is 2. The van der Waals surface area contributed by atoms with Crippen LogP contribution in [0.1, 0.15) is 51.4 Å². The first-order valence-corrected chi connectivity index (χ1v) is 12.9. The molecule has 0 saturated heterocycles. The van der Waals surface area contributed by atoms with E-state index in [0.29, 0.717) is 55.4 Å². The molecule has 0 radical (unpaired) electrons. The third-order valence-corrected chi connectivity index (χ3v) is 6.53. The van der Waals surface area contributed by atoms with Gasteiger partial charge in [0.2, 0.25) is 0 Å². The third kappa shape index (κ3) is 6.26. The van der Waals surface area contributed by atoms with Crippen LogP contribution in [0.2, 0.25) is 0 Å². The number of carbonyl (C=O) groups excluding carboxylic acids is 2. The molecule has 2 N–H and O–H groups in total. The molecule has 1 unspecified atom stereocenters. The summed E-state index contributed by atoms with van der Waals surface area (Å²) in [6, 6.07) is 20.7. The molecule has 1 aliphatic heterocycles. The fraction of sp³-hybridized carbons (Fsp3) is 0.333. The number of nitrogens with zero attached hydrogens (tertiary/aromatic N) is 1. The van der Waals surface area contributed by atoms with Crippen molar-refractivity contribution >= 4 is 17.5 Å². The number of rotatable bonds is 13. The van der Waals surface area contributed by atoms with Crippen molar-refractivity contribution in [2.24, 2.45) is 0 Å². The first kappa shape index (κ1) is 27.0. The van der Waals surface area contributed by atoms with Crippen molar-refractivity contribution < 1.29 is 23.8 Å². The summed E-state index contributed by atoms with van der Waals surface area (Å²) < 4.78 is 16.1. The van der Waals surface area contributed by atoms with Crippen molar-refractivity contribution in [3.05, 3.63) is 89.0 Å². The molecule has 0 spiro atoms. The van der Waals surface area contributed by atoms with Gasteiger partial charge >= 0.3 is 0 Å². The smallest absolute Gasteiger partial charge is 0.256 e. The van der Waals surface area contributed by atoms with Crippen LogP contribution in [0.3, 0.4) is 0 Å². The monoisotopic (exact) mass is 517 g/mol. The van der Waals surface area contributed by atoms with Gasteiger partial charge in [-0.05, 0) is 61.7 Å².